The van der Waals surface area contributed by atoms with Crippen LogP contribution < -0.4 is 21.1 Å². The first-order chi connectivity index (χ1) is 14.1. The standard InChI is InChI=1S/C20H28ClN5O3S/c1-11(2)26(12(3)4)7-6-23-19(28)16-10-30-20(24-16)25-18(27)13-8-14(21)15(22)9-17(13)29-5/h8-12H,6-7,22H2,1-5H3,(H,23,28)(H,24,25,27). The van der Waals surface area contributed by atoms with Gasteiger partial charge in [-0.15, -0.1) is 11.3 Å². The molecular formula is C20H28ClN5O3S. The number of hydrogen-bond acceptors (Lipinski definition) is 7. The topological polar surface area (TPSA) is 110 Å². The maximum Gasteiger partial charge on any atom is 0.270 e. The average Bonchev–Trinajstić information content (AvgIpc) is 3.14. The number of rotatable bonds is 9. The Kier molecular flexibility index (Phi) is 8.45. The van der Waals surface area contributed by atoms with Crippen molar-refractivity contribution in [2.45, 2.75) is 39.8 Å². The second kappa shape index (κ2) is 10.6. The van der Waals surface area contributed by atoms with Crippen molar-refractivity contribution in [2.75, 3.05) is 31.2 Å². The molecule has 30 heavy (non-hydrogen) atoms. The Morgan fingerprint density at radius 1 is 1.23 bits per heavy atom. The molecule has 4 N–H and O–H groups in total. The van der Waals surface area contributed by atoms with E-state index in [0.717, 1.165) is 17.9 Å². The number of carbonyl (C=O) groups is 2. The Morgan fingerprint density at radius 3 is 2.50 bits per heavy atom. The van der Waals surface area contributed by atoms with Crippen molar-refractivity contribution in [1.82, 2.24) is 15.2 Å². The molecule has 2 rings (SSSR count). The number of methoxy groups -OCH3 is 1. The van der Waals surface area contributed by atoms with E-state index in [0.29, 0.717) is 35.2 Å². The molecule has 1 heterocycles. The largest absolute Gasteiger partial charge is 0.496 e. The number of nitrogens with one attached hydrogen (secondary N) is 2. The van der Waals surface area contributed by atoms with E-state index in [2.05, 4.69) is 48.2 Å². The van der Waals surface area contributed by atoms with Crippen molar-refractivity contribution in [1.29, 1.82) is 0 Å². The van der Waals surface area contributed by atoms with E-state index in [1.807, 2.05) is 0 Å². The van der Waals surface area contributed by atoms with Crippen LogP contribution in [-0.2, 0) is 0 Å². The smallest absolute Gasteiger partial charge is 0.270 e. The van der Waals surface area contributed by atoms with E-state index in [4.69, 9.17) is 22.1 Å². The fraction of sp³-hybridized carbons (Fsp3) is 0.450. The van der Waals surface area contributed by atoms with Crippen molar-refractivity contribution in [3.63, 3.8) is 0 Å². The first-order valence-corrected chi connectivity index (χ1v) is 10.8. The number of hydrogen-bond donors (Lipinski definition) is 3. The number of ether oxygens (including phenoxy) is 1. The summed E-state index contributed by atoms with van der Waals surface area (Å²) >= 11 is 7.17. The summed E-state index contributed by atoms with van der Waals surface area (Å²) in [6.07, 6.45) is 0. The lowest BCUT2D eigenvalue weighted by molar-refractivity contribution is 0.0934. The highest BCUT2D eigenvalue weighted by Gasteiger charge is 2.18. The molecule has 0 fully saturated rings. The van der Waals surface area contributed by atoms with E-state index < -0.39 is 5.91 Å². The van der Waals surface area contributed by atoms with E-state index in [1.54, 1.807) is 5.38 Å². The summed E-state index contributed by atoms with van der Waals surface area (Å²) in [6, 6.07) is 3.69. The summed E-state index contributed by atoms with van der Waals surface area (Å²) in [4.78, 5) is 31.4. The number of nitrogens with zero attached hydrogens (tertiary/aromatic N) is 2. The summed E-state index contributed by atoms with van der Waals surface area (Å²) in [5.74, 6) is -0.448. The SMILES string of the molecule is COc1cc(N)c(Cl)cc1C(=O)Nc1nc(C(=O)NCCN(C(C)C)C(C)C)cs1. The van der Waals surface area contributed by atoms with Gasteiger partial charge in [0.25, 0.3) is 11.8 Å². The summed E-state index contributed by atoms with van der Waals surface area (Å²) in [6.45, 7) is 9.75. The number of nitrogen functional groups attached to an aromatic ring is 1. The molecule has 2 amide bonds. The lowest BCUT2D eigenvalue weighted by Gasteiger charge is -2.30. The first-order valence-electron chi connectivity index (χ1n) is 9.57. The Balaban J connectivity index is 1.99. The maximum atomic E-state index is 12.6. The third kappa shape index (κ3) is 6.07. The van der Waals surface area contributed by atoms with Gasteiger partial charge in [-0.2, -0.15) is 0 Å². The number of anilines is 2. The number of carbonyl (C=O) groups excluding carboxylic acids is 2. The maximum absolute atomic E-state index is 12.6. The molecular weight excluding hydrogens is 426 g/mol. The molecule has 0 saturated heterocycles. The third-order valence-electron chi connectivity index (χ3n) is 4.50. The highest BCUT2D eigenvalue weighted by Crippen LogP contribution is 2.29. The molecule has 0 aliphatic rings. The van der Waals surface area contributed by atoms with E-state index in [1.165, 1.54) is 19.2 Å². The van der Waals surface area contributed by atoms with Crippen LogP contribution in [0.1, 0.15) is 48.5 Å². The molecule has 0 aliphatic carbocycles. The van der Waals surface area contributed by atoms with Crippen LogP contribution in [0.5, 0.6) is 5.75 Å². The number of benzene rings is 1. The zero-order chi connectivity index (χ0) is 22.4. The fourth-order valence-electron chi connectivity index (χ4n) is 3.02. The van der Waals surface area contributed by atoms with Crippen LogP contribution in [0.2, 0.25) is 5.02 Å². The van der Waals surface area contributed by atoms with E-state index >= 15 is 0 Å². The molecule has 164 valence electrons. The minimum atomic E-state index is -0.459. The van der Waals surface area contributed by atoms with Crippen molar-refractivity contribution in [3.05, 3.63) is 33.8 Å². The third-order valence-corrected chi connectivity index (χ3v) is 5.59. The van der Waals surface area contributed by atoms with Gasteiger partial charge in [0.1, 0.15) is 11.4 Å². The first kappa shape index (κ1) is 23.9. The van der Waals surface area contributed by atoms with Crippen LogP contribution in [0.15, 0.2) is 17.5 Å². The number of nitrogens with two attached hydrogens (primary N) is 1. The predicted octanol–water partition coefficient (Wildman–Crippen LogP) is 3.49. The summed E-state index contributed by atoms with van der Waals surface area (Å²) in [7, 11) is 1.44. The van der Waals surface area contributed by atoms with E-state index in [9.17, 15) is 9.59 Å². The average molecular weight is 454 g/mol. The molecule has 0 saturated carbocycles. The molecule has 10 heteroatoms. The number of halogens is 1. The molecule has 2 aromatic rings. The number of amides is 2. The molecule has 0 radical (unpaired) electrons. The van der Waals surface area contributed by atoms with Gasteiger partial charge in [-0.25, -0.2) is 4.98 Å². The van der Waals surface area contributed by atoms with Gasteiger partial charge in [-0.3, -0.25) is 19.8 Å². The van der Waals surface area contributed by atoms with Crippen molar-refractivity contribution in [3.8, 4) is 5.75 Å². The molecule has 0 unspecified atom stereocenters. The lowest BCUT2D eigenvalue weighted by atomic mass is 10.1. The minimum Gasteiger partial charge on any atom is -0.496 e. The Bertz CT molecular complexity index is 893. The van der Waals surface area contributed by atoms with Gasteiger partial charge < -0.3 is 15.8 Å². The summed E-state index contributed by atoms with van der Waals surface area (Å²) in [5, 5.41) is 7.67. The Hall–Kier alpha value is -2.36. The summed E-state index contributed by atoms with van der Waals surface area (Å²) in [5.41, 5.74) is 6.53. The van der Waals surface area contributed by atoms with Crippen LogP contribution in [0, 0.1) is 0 Å². The van der Waals surface area contributed by atoms with Crippen molar-refractivity contribution in [2.24, 2.45) is 0 Å². The minimum absolute atomic E-state index is 0.223. The van der Waals surface area contributed by atoms with Crippen LogP contribution in [0.25, 0.3) is 0 Å². The lowest BCUT2D eigenvalue weighted by Crippen LogP contribution is -2.42. The second-order valence-electron chi connectivity index (χ2n) is 7.25. The van der Waals surface area contributed by atoms with Gasteiger partial charge in [0.2, 0.25) is 0 Å². The van der Waals surface area contributed by atoms with Crippen LogP contribution >= 0.6 is 22.9 Å². The quantitative estimate of drug-likeness (QED) is 0.501. The number of thiazole rings is 1. The molecule has 1 aromatic heterocycles. The van der Waals surface area contributed by atoms with Crippen LogP contribution in [-0.4, -0.2) is 54.0 Å². The van der Waals surface area contributed by atoms with E-state index in [-0.39, 0.29) is 22.2 Å². The van der Waals surface area contributed by atoms with Gasteiger partial charge in [0, 0.05) is 36.6 Å². The second-order valence-corrected chi connectivity index (χ2v) is 8.51. The normalized spacial score (nSPS) is 11.2. The van der Waals surface area contributed by atoms with Gasteiger partial charge in [-0.05, 0) is 33.8 Å². The predicted molar refractivity (Wildman–Crippen MR) is 122 cm³/mol. The van der Waals surface area contributed by atoms with Crippen LogP contribution in [0.4, 0.5) is 10.8 Å². The molecule has 1 aromatic carbocycles. The monoisotopic (exact) mass is 453 g/mol. The van der Waals surface area contributed by atoms with Gasteiger partial charge in [0.15, 0.2) is 5.13 Å². The Morgan fingerprint density at radius 2 is 1.90 bits per heavy atom. The molecule has 8 nitrogen and oxygen atoms in total. The van der Waals surface area contributed by atoms with Gasteiger partial charge in [0.05, 0.1) is 23.4 Å². The van der Waals surface area contributed by atoms with Crippen LogP contribution in [0.3, 0.4) is 0 Å². The highest BCUT2D eigenvalue weighted by molar-refractivity contribution is 7.14. The van der Waals surface area contributed by atoms with Gasteiger partial charge in [-0.1, -0.05) is 11.6 Å². The molecule has 0 bridgehead atoms. The zero-order valence-electron chi connectivity index (χ0n) is 17.8. The molecule has 0 atom stereocenters. The summed E-state index contributed by atoms with van der Waals surface area (Å²) < 4.78 is 5.20. The number of aromatic nitrogens is 1. The van der Waals surface area contributed by atoms with Crippen molar-refractivity contribution < 1.29 is 14.3 Å². The van der Waals surface area contributed by atoms with Gasteiger partial charge >= 0.3 is 0 Å². The molecule has 0 aliphatic heterocycles. The zero-order valence-corrected chi connectivity index (χ0v) is 19.4. The highest BCUT2D eigenvalue weighted by atomic mass is 35.5. The molecule has 0 spiro atoms. The fourth-order valence-corrected chi connectivity index (χ4v) is 3.87. The van der Waals surface area contributed by atoms with Crippen molar-refractivity contribution >= 4 is 45.6 Å². The Labute approximate surface area is 185 Å².